The summed E-state index contributed by atoms with van der Waals surface area (Å²) < 4.78 is 0. The third kappa shape index (κ3) is 3.23. The molecule has 1 heterocycles. The van der Waals surface area contributed by atoms with Crippen molar-refractivity contribution in [3.8, 4) is 10.6 Å². The largest absolute Gasteiger partial charge is 0.309 e. The molecule has 19 heavy (non-hydrogen) atoms. The second-order valence-corrected chi connectivity index (χ2v) is 6.07. The molecule has 1 aromatic carbocycles. The molecule has 0 fully saturated rings. The van der Waals surface area contributed by atoms with Crippen molar-refractivity contribution < 1.29 is 0 Å². The molecule has 0 spiro atoms. The lowest BCUT2D eigenvalue weighted by atomic mass is 10.0. The van der Waals surface area contributed by atoms with Gasteiger partial charge in [-0.05, 0) is 44.9 Å². The molecule has 0 bridgehead atoms. The second kappa shape index (κ2) is 6.31. The Morgan fingerprint density at radius 3 is 2.58 bits per heavy atom. The van der Waals surface area contributed by atoms with Gasteiger partial charge >= 0.3 is 0 Å². The van der Waals surface area contributed by atoms with Crippen molar-refractivity contribution in [2.75, 3.05) is 6.54 Å². The first-order valence-corrected chi connectivity index (χ1v) is 7.70. The van der Waals surface area contributed by atoms with E-state index < -0.39 is 0 Å². The van der Waals surface area contributed by atoms with Crippen molar-refractivity contribution in [3.63, 3.8) is 0 Å². The Hall–Kier alpha value is -1.19. The Labute approximate surface area is 119 Å². The third-order valence-electron chi connectivity index (χ3n) is 3.35. The maximum atomic E-state index is 4.62. The van der Waals surface area contributed by atoms with Gasteiger partial charge in [0.05, 0.1) is 0 Å². The number of benzene rings is 1. The van der Waals surface area contributed by atoms with Gasteiger partial charge in [0.2, 0.25) is 0 Å². The van der Waals surface area contributed by atoms with Crippen LogP contribution in [0.1, 0.15) is 42.3 Å². The van der Waals surface area contributed by atoms with Crippen molar-refractivity contribution in [3.05, 3.63) is 40.4 Å². The predicted octanol–water partition coefficient (Wildman–Crippen LogP) is 4.49. The minimum atomic E-state index is 0.385. The van der Waals surface area contributed by atoms with Crippen molar-refractivity contribution in [1.29, 1.82) is 0 Å². The van der Waals surface area contributed by atoms with Crippen molar-refractivity contribution in [1.82, 2.24) is 10.3 Å². The molecular formula is C16H22N2S. The average molecular weight is 274 g/mol. The summed E-state index contributed by atoms with van der Waals surface area (Å²) in [5.41, 5.74) is 3.89. The van der Waals surface area contributed by atoms with Gasteiger partial charge < -0.3 is 5.32 Å². The van der Waals surface area contributed by atoms with Crippen LogP contribution in [-0.4, -0.2) is 11.5 Å². The van der Waals surface area contributed by atoms with Crippen molar-refractivity contribution >= 4 is 11.3 Å². The van der Waals surface area contributed by atoms with E-state index in [1.807, 2.05) is 6.20 Å². The quantitative estimate of drug-likeness (QED) is 0.869. The molecule has 1 unspecified atom stereocenters. The van der Waals surface area contributed by atoms with Crippen LogP contribution in [0.25, 0.3) is 10.6 Å². The first kappa shape index (κ1) is 14.2. The maximum Gasteiger partial charge on any atom is 0.124 e. The standard InChI is InChI=1S/C16H22N2S/c1-5-9-17-13(4)14-10-18-16(19-14)15-11(2)7-6-8-12(15)3/h6-8,10,13,17H,5,9H2,1-4H3. The predicted molar refractivity (Wildman–Crippen MR) is 83.7 cm³/mol. The molecular weight excluding hydrogens is 252 g/mol. The summed E-state index contributed by atoms with van der Waals surface area (Å²) in [6.07, 6.45) is 3.17. The van der Waals surface area contributed by atoms with Gasteiger partial charge in [0, 0.05) is 22.7 Å². The third-order valence-corrected chi connectivity index (χ3v) is 4.54. The summed E-state index contributed by atoms with van der Waals surface area (Å²) in [5, 5.41) is 4.65. The molecule has 2 rings (SSSR count). The van der Waals surface area contributed by atoms with Gasteiger partial charge in [-0.1, -0.05) is 25.1 Å². The molecule has 0 radical (unpaired) electrons. The average Bonchev–Trinajstić information content (AvgIpc) is 2.85. The zero-order valence-corrected chi connectivity index (χ0v) is 13.0. The summed E-state index contributed by atoms with van der Waals surface area (Å²) in [6, 6.07) is 6.80. The summed E-state index contributed by atoms with van der Waals surface area (Å²) in [6.45, 7) is 9.76. The summed E-state index contributed by atoms with van der Waals surface area (Å²) in [4.78, 5) is 5.93. The lowest BCUT2D eigenvalue weighted by Gasteiger charge is -2.10. The lowest BCUT2D eigenvalue weighted by molar-refractivity contribution is 0.577. The van der Waals surface area contributed by atoms with E-state index in [1.54, 1.807) is 11.3 Å². The van der Waals surface area contributed by atoms with Crippen LogP contribution < -0.4 is 5.32 Å². The molecule has 0 aliphatic rings. The fourth-order valence-corrected chi connectivity index (χ4v) is 3.33. The highest BCUT2D eigenvalue weighted by atomic mass is 32.1. The minimum absolute atomic E-state index is 0.385. The van der Waals surface area contributed by atoms with E-state index in [-0.39, 0.29) is 0 Å². The summed E-state index contributed by atoms with van der Waals surface area (Å²) in [5.74, 6) is 0. The van der Waals surface area contributed by atoms with Gasteiger partial charge in [0.25, 0.3) is 0 Å². The normalized spacial score (nSPS) is 12.6. The fraction of sp³-hybridized carbons (Fsp3) is 0.438. The summed E-state index contributed by atoms with van der Waals surface area (Å²) >= 11 is 1.80. The van der Waals surface area contributed by atoms with Crippen LogP contribution in [0.2, 0.25) is 0 Å². The van der Waals surface area contributed by atoms with E-state index in [1.165, 1.54) is 21.6 Å². The molecule has 2 aromatic rings. The zero-order chi connectivity index (χ0) is 13.8. The SMILES string of the molecule is CCCNC(C)c1cnc(-c2c(C)cccc2C)s1. The van der Waals surface area contributed by atoms with Crippen LogP contribution in [-0.2, 0) is 0 Å². The smallest absolute Gasteiger partial charge is 0.124 e. The Kier molecular flexibility index (Phi) is 4.72. The van der Waals surface area contributed by atoms with E-state index in [9.17, 15) is 0 Å². The van der Waals surface area contributed by atoms with E-state index in [2.05, 4.69) is 56.2 Å². The van der Waals surface area contributed by atoms with Gasteiger partial charge in [-0.2, -0.15) is 0 Å². The number of aryl methyl sites for hydroxylation is 2. The van der Waals surface area contributed by atoms with E-state index in [0.29, 0.717) is 6.04 Å². The first-order chi connectivity index (χ1) is 9.13. The number of nitrogens with one attached hydrogen (secondary N) is 1. The molecule has 1 aromatic heterocycles. The van der Waals surface area contributed by atoms with Crippen LogP contribution in [0.4, 0.5) is 0 Å². The number of hydrogen-bond acceptors (Lipinski definition) is 3. The van der Waals surface area contributed by atoms with Crippen LogP contribution >= 0.6 is 11.3 Å². The molecule has 102 valence electrons. The van der Waals surface area contributed by atoms with Crippen LogP contribution in [0.5, 0.6) is 0 Å². The Balaban J connectivity index is 2.26. The highest BCUT2D eigenvalue weighted by molar-refractivity contribution is 7.15. The summed E-state index contributed by atoms with van der Waals surface area (Å²) in [7, 11) is 0. The molecule has 1 N–H and O–H groups in total. The van der Waals surface area contributed by atoms with Gasteiger partial charge in [0.15, 0.2) is 0 Å². The topological polar surface area (TPSA) is 24.9 Å². The van der Waals surface area contributed by atoms with Gasteiger partial charge in [-0.15, -0.1) is 11.3 Å². The molecule has 0 saturated heterocycles. The fourth-order valence-electron chi connectivity index (χ4n) is 2.22. The van der Waals surface area contributed by atoms with E-state index in [0.717, 1.165) is 18.0 Å². The molecule has 3 heteroatoms. The zero-order valence-electron chi connectivity index (χ0n) is 12.2. The number of thiazole rings is 1. The number of hydrogen-bond donors (Lipinski definition) is 1. The van der Waals surface area contributed by atoms with Crippen LogP contribution in [0.3, 0.4) is 0 Å². The van der Waals surface area contributed by atoms with E-state index in [4.69, 9.17) is 0 Å². The molecule has 1 atom stereocenters. The first-order valence-electron chi connectivity index (χ1n) is 6.89. The Bertz CT molecular complexity index is 525. The molecule has 0 aliphatic carbocycles. The minimum Gasteiger partial charge on any atom is -0.309 e. The maximum absolute atomic E-state index is 4.62. The number of rotatable bonds is 5. The second-order valence-electron chi connectivity index (χ2n) is 5.01. The van der Waals surface area contributed by atoms with Gasteiger partial charge in [-0.3, -0.25) is 0 Å². The molecule has 2 nitrogen and oxygen atoms in total. The molecule has 0 aliphatic heterocycles. The molecule has 0 amide bonds. The number of nitrogens with zero attached hydrogens (tertiary/aromatic N) is 1. The highest BCUT2D eigenvalue weighted by Gasteiger charge is 2.13. The van der Waals surface area contributed by atoms with Crippen molar-refractivity contribution in [2.24, 2.45) is 0 Å². The van der Waals surface area contributed by atoms with Crippen LogP contribution in [0.15, 0.2) is 24.4 Å². The Morgan fingerprint density at radius 2 is 1.95 bits per heavy atom. The molecule has 0 saturated carbocycles. The van der Waals surface area contributed by atoms with Gasteiger partial charge in [-0.25, -0.2) is 4.98 Å². The Morgan fingerprint density at radius 1 is 1.26 bits per heavy atom. The van der Waals surface area contributed by atoms with Gasteiger partial charge in [0.1, 0.15) is 5.01 Å². The monoisotopic (exact) mass is 274 g/mol. The van der Waals surface area contributed by atoms with Crippen molar-refractivity contribution in [2.45, 2.75) is 40.2 Å². The van der Waals surface area contributed by atoms with E-state index >= 15 is 0 Å². The van der Waals surface area contributed by atoms with Crippen LogP contribution in [0, 0.1) is 13.8 Å². The lowest BCUT2D eigenvalue weighted by Crippen LogP contribution is -2.18. The number of aromatic nitrogens is 1. The highest BCUT2D eigenvalue weighted by Crippen LogP contribution is 2.32.